The summed E-state index contributed by atoms with van der Waals surface area (Å²) in [6, 6.07) is 18.5. The van der Waals surface area contributed by atoms with Crippen LogP contribution < -0.4 is 14.9 Å². The molecule has 0 saturated heterocycles. The van der Waals surface area contributed by atoms with Crippen molar-refractivity contribution in [1.29, 1.82) is 0 Å². The van der Waals surface area contributed by atoms with Gasteiger partial charge in [0.2, 0.25) is 0 Å². The van der Waals surface area contributed by atoms with E-state index in [2.05, 4.69) is 23.4 Å². The van der Waals surface area contributed by atoms with Gasteiger partial charge in [-0.3, -0.25) is 4.79 Å². The number of rotatable bonds is 5. The number of urea groups is 1. The molecule has 1 unspecified atom stereocenters. The number of anilines is 2. The number of amides is 3. The van der Waals surface area contributed by atoms with Crippen LogP contribution in [0, 0.1) is 5.82 Å². The van der Waals surface area contributed by atoms with Gasteiger partial charge in [0.05, 0.1) is 22.3 Å². The normalized spacial score (nSPS) is 11.5. The van der Waals surface area contributed by atoms with Crippen LogP contribution in [-0.2, 0) is 0 Å². The minimum atomic E-state index is -0.442. The van der Waals surface area contributed by atoms with Gasteiger partial charge in [0.15, 0.2) is 0 Å². The topological polar surface area (TPSA) is 61.4 Å². The van der Waals surface area contributed by atoms with Gasteiger partial charge in [-0.05, 0) is 61.0 Å². The zero-order valence-corrected chi connectivity index (χ0v) is 17.6. The van der Waals surface area contributed by atoms with Crippen LogP contribution in [0.1, 0.15) is 28.9 Å². The van der Waals surface area contributed by atoms with Crippen LogP contribution in [0.25, 0.3) is 0 Å². The van der Waals surface area contributed by atoms with E-state index >= 15 is 0 Å². The molecule has 0 aliphatic heterocycles. The van der Waals surface area contributed by atoms with Crippen LogP contribution in [0.4, 0.5) is 20.6 Å². The predicted octanol–water partition coefficient (Wildman–Crippen LogP) is 5.85. The first-order chi connectivity index (χ1) is 14.3. The van der Waals surface area contributed by atoms with Crippen molar-refractivity contribution in [3.8, 4) is 0 Å². The number of halogens is 2. The Kier molecular flexibility index (Phi) is 6.97. The number of benzene rings is 3. The number of nitrogens with zero attached hydrogens (tertiary/aromatic N) is 1. The maximum atomic E-state index is 13.0. The van der Waals surface area contributed by atoms with E-state index in [4.69, 9.17) is 11.6 Å². The second kappa shape index (κ2) is 9.65. The van der Waals surface area contributed by atoms with Gasteiger partial charge < -0.3 is 10.6 Å². The summed E-state index contributed by atoms with van der Waals surface area (Å²) in [5.41, 5.74) is 2.20. The summed E-state index contributed by atoms with van der Waals surface area (Å²) < 4.78 is 14.2. The monoisotopic (exact) mass is 443 g/mol. The largest absolute Gasteiger partial charge is 0.332 e. The molecule has 30 heavy (non-hydrogen) atoms. The third kappa shape index (κ3) is 5.31. The van der Waals surface area contributed by atoms with E-state index in [1.54, 1.807) is 67.6 Å². The molecule has 0 aromatic heterocycles. The predicted molar refractivity (Wildman–Crippen MR) is 121 cm³/mol. The summed E-state index contributed by atoms with van der Waals surface area (Å²) >= 11 is 10.3. The summed E-state index contributed by atoms with van der Waals surface area (Å²) in [4.78, 5) is 24.8. The Bertz CT molecular complexity index is 1050. The van der Waals surface area contributed by atoms with Crippen molar-refractivity contribution < 1.29 is 14.0 Å². The molecular weight excluding hydrogens is 425 g/mol. The van der Waals surface area contributed by atoms with Gasteiger partial charge in [-0.2, -0.15) is 0 Å². The highest BCUT2D eigenvalue weighted by Crippen LogP contribution is 2.22. The zero-order chi connectivity index (χ0) is 21.7. The summed E-state index contributed by atoms with van der Waals surface area (Å²) in [6.45, 7) is 1.79. The van der Waals surface area contributed by atoms with Crippen molar-refractivity contribution in [1.82, 2.24) is 5.32 Å². The Morgan fingerprint density at radius 2 is 1.63 bits per heavy atom. The smallest absolute Gasteiger partial charge is 0.330 e. The van der Waals surface area contributed by atoms with Crippen molar-refractivity contribution in [3.05, 3.63) is 94.8 Å². The second-order valence-electron chi connectivity index (χ2n) is 6.52. The molecule has 3 aromatic carbocycles. The van der Waals surface area contributed by atoms with Gasteiger partial charge in [-0.1, -0.05) is 48.7 Å². The van der Waals surface area contributed by atoms with E-state index in [9.17, 15) is 14.0 Å². The Morgan fingerprint density at radius 1 is 1.00 bits per heavy atom. The number of hydrogen-bond donors (Lipinski definition) is 3. The molecule has 0 fully saturated rings. The van der Waals surface area contributed by atoms with Gasteiger partial charge in [0, 0.05) is 5.69 Å². The number of carbonyl (C=O) groups is 2. The number of thiol groups is 1. The zero-order valence-electron chi connectivity index (χ0n) is 16.0. The molecule has 0 aliphatic rings. The molecule has 3 aromatic rings. The van der Waals surface area contributed by atoms with Crippen LogP contribution in [0.2, 0.25) is 5.02 Å². The van der Waals surface area contributed by atoms with Crippen molar-refractivity contribution >= 4 is 47.7 Å². The van der Waals surface area contributed by atoms with Gasteiger partial charge in [0.1, 0.15) is 5.82 Å². The fourth-order valence-corrected chi connectivity index (χ4v) is 3.14. The first-order valence-electron chi connectivity index (χ1n) is 9.06. The maximum absolute atomic E-state index is 13.0. The quantitative estimate of drug-likeness (QED) is 0.433. The van der Waals surface area contributed by atoms with E-state index in [1.807, 2.05) is 0 Å². The molecule has 0 radical (unpaired) electrons. The minimum absolute atomic E-state index is 0.332. The number of nitrogens with one attached hydrogen (secondary N) is 2. The molecule has 3 rings (SSSR count). The summed E-state index contributed by atoms with van der Waals surface area (Å²) in [5.74, 6) is -0.670. The molecule has 0 spiro atoms. The minimum Gasteiger partial charge on any atom is -0.330 e. The van der Waals surface area contributed by atoms with E-state index < -0.39 is 6.03 Å². The standard InChI is InChI=1S/C22H19ClFN3O2S/c1-14(15-6-8-16(24)9-7-15)25-22(29)27(30)18-12-10-17(11-13-18)26-21(28)19-4-2-3-5-20(19)23/h2-14,30H,1H3,(H,25,29)(H,26,28). The van der Waals surface area contributed by atoms with Crippen molar-refractivity contribution in [2.45, 2.75) is 13.0 Å². The highest BCUT2D eigenvalue weighted by Gasteiger charge is 2.16. The number of hydrogen-bond acceptors (Lipinski definition) is 3. The van der Waals surface area contributed by atoms with Crippen molar-refractivity contribution in [2.24, 2.45) is 0 Å². The molecule has 2 N–H and O–H groups in total. The third-order valence-corrected chi connectivity index (χ3v) is 5.13. The van der Waals surface area contributed by atoms with Gasteiger partial charge in [-0.15, -0.1) is 0 Å². The average molecular weight is 444 g/mol. The number of carbonyl (C=O) groups excluding carboxylic acids is 2. The SMILES string of the molecule is CC(NC(=O)N(S)c1ccc(NC(=O)c2ccccc2Cl)cc1)c1ccc(F)cc1. The van der Waals surface area contributed by atoms with Crippen LogP contribution >= 0.6 is 24.4 Å². The first kappa shape index (κ1) is 21.7. The van der Waals surface area contributed by atoms with Crippen LogP contribution in [-0.4, -0.2) is 11.9 Å². The fraction of sp³-hybridized carbons (Fsp3) is 0.0909. The highest BCUT2D eigenvalue weighted by molar-refractivity contribution is 7.82. The third-order valence-electron chi connectivity index (χ3n) is 4.39. The second-order valence-corrected chi connectivity index (χ2v) is 7.32. The van der Waals surface area contributed by atoms with Gasteiger partial charge >= 0.3 is 6.03 Å². The van der Waals surface area contributed by atoms with Crippen LogP contribution in [0.15, 0.2) is 72.8 Å². The molecule has 1 atom stereocenters. The molecule has 8 heteroatoms. The van der Waals surface area contributed by atoms with E-state index in [0.717, 1.165) is 9.87 Å². The first-order valence-corrected chi connectivity index (χ1v) is 9.84. The molecule has 0 saturated carbocycles. The van der Waals surface area contributed by atoms with Gasteiger partial charge in [-0.25, -0.2) is 13.5 Å². The van der Waals surface area contributed by atoms with E-state index in [1.165, 1.54) is 12.1 Å². The van der Waals surface area contributed by atoms with E-state index in [-0.39, 0.29) is 17.8 Å². The molecule has 154 valence electrons. The lowest BCUT2D eigenvalue weighted by Gasteiger charge is -2.21. The summed E-state index contributed by atoms with van der Waals surface area (Å²) in [5, 5.41) is 5.91. The Hall–Kier alpha value is -3.03. The van der Waals surface area contributed by atoms with Crippen molar-refractivity contribution in [3.63, 3.8) is 0 Å². The molecule has 0 bridgehead atoms. The lowest BCUT2D eigenvalue weighted by atomic mass is 10.1. The molecular formula is C22H19ClFN3O2S. The van der Waals surface area contributed by atoms with Crippen molar-refractivity contribution in [2.75, 3.05) is 9.62 Å². The van der Waals surface area contributed by atoms with Gasteiger partial charge in [0.25, 0.3) is 5.91 Å². The molecule has 0 aliphatic carbocycles. The summed E-state index contributed by atoms with van der Waals surface area (Å²) in [6.07, 6.45) is 0. The van der Waals surface area contributed by atoms with E-state index in [0.29, 0.717) is 22.0 Å². The van der Waals surface area contributed by atoms with Crippen LogP contribution in [0.3, 0.4) is 0 Å². The Labute approximate surface area is 184 Å². The fourth-order valence-electron chi connectivity index (χ4n) is 2.73. The Morgan fingerprint density at radius 3 is 2.27 bits per heavy atom. The maximum Gasteiger partial charge on any atom is 0.332 e. The van der Waals surface area contributed by atoms with Crippen LogP contribution in [0.5, 0.6) is 0 Å². The molecule has 3 amide bonds. The lowest BCUT2D eigenvalue weighted by Crippen LogP contribution is -2.35. The molecule has 0 heterocycles. The highest BCUT2D eigenvalue weighted by atomic mass is 35.5. The average Bonchev–Trinajstić information content (AvgIpc) is 2.74. The lowest BCUT2D eigenvalue weighted by molar-refractivity contribution is 0.102. The summed E-state index contributed by atoms with van der Waals surface area (Å²) in [7, 11) is 0. The Balaban J connectivity index is 1.62. The molecule has 5 nitrogen and oxygen atoms in total.